The molecule has 0 heterocycles. The molecule has 0 radical (unpaired) electrons. The van der Waals surface area contributed by atoms with Crippen LogP contribution in [0, 0.1) is 13.8 Å². The summed E-state index contributed by atoms with van der Waals surface area (Å²) in [5.41, 5.74) is 2.33. The zero-order valence-corrected chi connectivity index (χ0v) is 12.9. The van der Waals surface area contributed by atoms with E-state index in [2.05, 4.69) is 19.1 Å². The van der Waals surface area contributed by atoms with E-state index in [4.69, 9.17) is 14.2 Å². The molecule has 0 atom stereocenters. The Morgan fingerprint density at radius 1 is 0.762 bits per heavy atom. The fourth-order valence-electron chi connectivity index (χ4n) is 2.01. The van der Waals surface area contributed by atoms with E-state index in [1.807, 2.05) is 44.2 Å². The maximum atomic E-state index is 5.77. The van der Waals surface area contributed by atoms with Crippen molar-refractivity contribution in [3.63, 3.8) is 0 Å². The van der Waals surface area contributed by atoms with E-state index in [0.717, 1.165) is 22.8 Å². The Hall–Kier alpha value is -2.16. The Morgan fingerprint density at radius 3 is 2.05 bits per heavy atom. The first kappa shape index (κ1) is 15.2. The fourth-order valence-corrected chi connectivity index (χ4v) is 2.01. The van der Waals surface area contributed by atoms with Crippen LogP contribution in [0.4, 0.5) is 0 Å². The SMILES string of the molecule is CCOc1ccccc1OCCOc1cc(C)ccc1C. The number of benzene rings is 2. The maximum Gasteiger partial charge on any atom is 0.161 e. The molecule has 2 rings (SSSR count). The average molecular weight is 286 g/mol. The van der Waals surface area contributed by atoms with Crippen molar-refractivity contribution in [2.24, 2.45) is 0 Å². The average Bonchev–Trinajstić information content (AvgIpc) is 2.49. The Morgan fingerprint density at radius 2 is 1.38 bits per heavy atom. The molecule has 0 bridgehead atoms. The van der Waals surface area contributed by atoms with Gasteiger partial charge in [-0.2, -0.15) is 0 Å². The molecule has 3 heteroatoms. The van der Waals surface area contributed by atoms with E-state index in [1.54, 1.807) is 0 Å². The van der Waals surface area contributed by atoms with Gasteiger partial charge in [0.2, 0.25) is 0 Å². The Bertz CT molecular complexity index is 578. The maximum absolute atomic E-state index is 5.77. The molecule has 0 aromatic heterocycles. The highest BCUT2D eigenvalue weighted by molar-refractivity contribution is 5.39. The van der Waals surface area contributed by atoms with Gasteiger partial charge in [-0.1, -0.05) is 24.3 Å². The van der Waals surface area contributed by atoms with Crippen molar-refractivity contribution in [3.05, 3.63) is 53.6 Å². The molecule has 0 unspecified atom stereocenters. The van der Waals surface area contributed by atoms with Crippen LogP contribution in [0.3, 0.4) is 0 Å². The first-order valence-electron chi connectivity index (χ1n) is 7.25. The van der Waals surface area contributed by atoms with Gasteiger partial charge >= 0.3 is 0 Å². The molecular weight excluding hydrogens is 264 g/mol. The van der Waals surface area contributed by atoms with Crippen LogP contribution >= 0.6 is 0 Å². The molecule has 0 fully saturated rings. The van der Waals surface area contributed by atoms with Crippen molar-refractivity contribution in [3.8, 4) is 17.2 Å². The van der Waals surface area contributed by atoms with E-state index in [1.165, 1.54) is 5.56 Å². The summed E-state index contributed by atoms with van der Waals surface area (Å²) in [5.74, 6) is 2.44. The molecule has 2 aromatic rings. The topological polar surface area (TPSA) is 27.7 Å². The number of aryl methyl sites for hydroxylation is 2. The summed E-state index contributed by atoms with van der Waals surface area (Å²) in [7, 11) is 0. The minimum absolute atomic E-state index is 0.484. The van der Waals surface area contributed by atoms with Crippen molar-refractivity contribution < 1.29 is 14.2 Å². The highest BCUT2D eigenvalue weighted by Gasteiger charge is 2.04. The molecule has 0 spiro atoms. The summed E-state index contributed by atoms with van der Waals surface area (Å²) in [5, 5.41) is 0. The summed E-state index contributed by atoms with van der Waals surface area (Å²) in [4.78, 5) is 0. The van der Waals surface area contributed by atoms with Gasteiger partial charge in [0.15, 0.2) is 11.5 Å². The minimum Gasteiger partial charge on any atom is -0.490 e. The van der Waals surface area contributed by atoms with E-state index in [-0.39, 0.29) is 0 Å². The predicted molar refractivity (Wildman–Crippen MR) is 84.5 cm³/mol. The number of para-hydroxylation sites is 2. The number of hydrogen-bond acceptors (Lipinski definition) is 3. The van der Waals surface area contributed by atoms with Crippen LogP contribution < -0.4 is 14.2 Å². The lowest BCUT2D eigenvalue weighted by Crippen LogP contribution is -2.10. The Labute approximate surface area is 126 Å². The third kappa shape index (κ3) is 4.42. The molecule has 0 aliphatic rings. The largest absolute Gasteiger partial charge is 0.490 e. The lowest BCUT2D eigenvalue weighted by molar-refractivity contribution is 0.207. The molecule has 0 amide bonds. The quantitative estimate of drug-likeness (QED) is 0.715. The van der Waals surface area contributed by atoms with Crippen molar-refractivity contribution in [2.45, 2.75) is 20.8 Å². The summed E-state index contributed by atoms with van der Waals surface area (Å²) >= 11 is 0. The van der Waals surface area contributed by atoms with Crippen molar-refractivity contribution in [1.82, 2.24) is 0 Å². The van der Waals surface area contributed by atoms with Crippen LogP contribution in [0.25, 0.3) is 0 Å². The summed E-state index contributed by atoms with van der Waals surface area (Å²) < 4.78 is 17.0. The molecule has 0 aliphatic carbocycles. The van der Waals surface area contributed by atoms with Crippen molar-refractivity contribution in [2.75, 3.05) is 19.8 Å². The van der Waals surface area contributed by atoms with Crippen LogP contribution in [-0.2, 0) is 0 Å². The van der Waals surface area contributed by atoms with Crippen molar-refractivity contribution in [1.29, 1.82) is 0 Å². The minimum atomic E-state index is 0.484. The second-order valence-electron chi connectivity index (χ2n) is 4.85. The summed E-state index contributed by atoms with van der Waals surface area (Å²) in [6.45, 7) is 7.67. The highest BCUT2D eigenvalue weighted by atomic mass is 16.5. The standard InChI is InChI=1S/C18H22O3/c1-4-19-16-7-5-6-8-17(16)20-11-12-21-18-13-14(2)9-10-15(18)3/h5-10,13H,4,11-12H2,1-3H3. The van der Waals surface area contributed by atoms with E-state index in [9.17, 15) is 0 Å². The van der Waals surface area contributed by atoms with Gasteiger partial charge in [-0.05, 0) is 50.1 Å². The van der Waals surface area contributed by atoms with Crippen LogP contribution in [0.5, 0.6) is 17.2 Å². The molecule has 0 N–H and O–H groups in total. The summed E-state index contributed by atoms with van der Waals surface area (Å²) in [6, 6.07) is 13.9. The third-order valence-corrected chi connectivity index (χ3v) is 3.09. The van der Waals surface area contributed by atoms with Gasteiger partial charge in [0, 0.05) is 0 Å². The fraction of sp³-hybridized carbons (Fsp3) is 0.333. The van der Waals surface area contributed by atoms with Gasteiger partial charge in [0.05, 0.1) is 6.61 Å². The molecule has 112 valence electrons. The van der Waals surface area contributed by atoms with E-state index >= 15 is 0 Å². The first-order valence-corrected chi connectivity index (χ1v) is 7.25. The van der Waals surface area contributed by atoms with Crippen LogP contribution in [0.2, 0.25) is 0 Å². The van der Waals surface area contributed by atoms with Gasteiger partial charge in [0.25, 0.3) is 0 Å². The first-order chi connectivity index (χ1) is 10.2. The molecule has 3 nitrogen and oxygen atoms in total. The smallest absolute Gasteiger partial charge is 0.161 e. The van der Waals surface area contributed by atoms with Crippen LogP contribution in [-0.4, -0.2) is 19.8 Å². The zero-order valence-electron chi connectivity index (χ0n) is 12.9. The number of ether oxygens (including phenoxy) is 3. The lowest BCUT2D eigenvalue weighted by Gasteiger charge is -2.13. The highest BCUT2D eigenvalue weighted by Crippen LogP contribution is 2.26. The van der Waals surface area contributed by atoms with Gasteiger partial charge in [0.1, 0.15) is 19.0 Å². The lowest BCUT2D eigenvalue weighted by atomic mass is 10.1. The molecule has 0 saturated heterocycles. The normalized spacial score (nSPS) is 10.2. The Balaban J connectivity index is 1.86. The van der Waals surface area contributed by atoms with Crippen molar-refractivity contribution >= 4 is 0 Å². The number of hydrogen-bond donors (Lipinski definition) is 0. The number of rotatable bonds is 7. The van der Waals surface area contributed by atoms with E-state index in [0.29, 0.717) is 19.8 Å². The zero-order chi connectivity index (χ0) is 15.1. The second kappa shape index (κ2) is 7.58. The van der Waals surface area contributed by atoms with E-state index < -0.39 is 0 Å². The molecule has 0 saturated carbocycles. The van der Waals surface area contributed by atoms with Gasteiger partial charge in [-0.15, -0.1) is 0 Å². The molecular formula is C18H22O3. The molecule has 0 aliphatic heterocycles. The van der Waals surface area contributed by atoms with Gasteiger partial charge < -0.3 is 14.2 Å². The Kier molecular flexibility index (Phi) is 5.50. The molecule has 2 aromatic carbocycles. The van der Waals surface area contributed by atoms with Crippen LogP contribution in [0.1, 0.15) is 18.1 Å². The third-order valence-electron chi connectivity index (χ3n) is 3.09. The molecule has 21 heavy (non-hydrogen) atoms. The summed E-state index contributed by atoms with van der Waals surface area (Å²) in [6.07, 6.45) is 0. The van der Waals surface area contributed by atoms with Gasteiger partial charge in [-0.25, -0.2) is 0 Å². The van der Waals surface area contributed by atoms with Gasteiger partial charge in [-0.3, -0.25) is 0 Å². The van der Waals surface area contributed by atoms with Crippen LogP contribution in [0.15, 0.2) is 42.5 Å². The monoisotopic (exact) mass is 286 g/mol. The predicted octanol–water partition coefficient (Wildman–Crippen LogP) is 4.16. The second-order valence-corrected chi connectivity index (χ2v) is 4.85.